The highest BCUT2D eigenvalue weighted by molar-refractivity contribution is 5.82. The predicted molar refractivity (Wildman–Crippen MR) is 45.1 cm³/mol. The molecule has 11 heavy (non-hydrogen) atoms. The van der Waals surface area contributed by atoms with Crippen LogP contribution in [0.15, 0.2) is 12.2 Å². The molecule has 2 atom stereocenters. The number of nitrogens with one attached hydrogen (secondary N) is 1. The Balaban J connectivity index is 2.54. The number of carbonyl (C=O) groups is 1. The fourth-order valence-electron chi connectivity index (χ4n) is 1.32. The summed E-state index contributed by atoms with van der Waals surface area (Å²) >= 11 is 0. The Morgan fingerprint density at radius 2 is 2.45 bits per heavy atom. The van der Waals surface area contributed by atoms with Gasteiger partial charge in [-0.15, -0.1) is 0 Å². The van der Waals surface area contributed by atoms with E-state index in [0.717, 1.165) is 13.0 Å². The molecule has 0 aromatic carbocycles. The first-order valence-electron chi connectivity index (χ1n) is 4.20. The van der Waals surface area contributed by atoms with Crippen molar-refractivity contribution in [2.45, 2.75) is 20.3 Å². The largest absolute Gasteiger partial charge is 0.355 e. The third-order valence-corrected chi connectivity index (χ3v) is 2.09. The van der Waals surface area contributed by atoms with Gasteiger partial charge in [0.15, 0.2) is 0 Å². The van der Waals surface area contributed by atoms with Crippen LogP contribution in [0.5, 0.6) is 0 Å². The van der Waals surface area contributed by atoms with E-state index in [2.05, 4.69) is 25.2 Å². The Labute approximate surface area is 67.7 Å². The molecule has 1 amide bonds. The molecule has 0 bridgehead atoms. The molecule has 2 heteroatoms. The molecule has 1 N–H and O–H groups in total. The van der Waals surface area contributed by atoms with Gasteiger partial charge < -0.3 is 5.32 Å². The van der Waals surface area contributed by atoms with Crippen molar-refractivity contribution < 1.29 is 4.79 Å². The van der Waals surface area contributed by atoms with Gasteiger partial charge in [0.25, 0.3) is 0 Å². The van der Waals surface area contributed by atoms with Crippen molar-refractivity contribution in [3.8, 4) is 0 Å². The van der Waals surface area contributed by atoms with Gasteiger partial charge in [-0.1, -0.05) is 26.0 Å². The SMILES string of the molecule is CC/C=C\C1C(=O)NCC1C. The Kier molecular flexibility index (Phi) is 2.69. The third-order valence-electron chi connectivity index (χ3n) is 2.09. The third kappa shape index (κ3) is 1.82. The molecule has 0 aromatic rings. The van der Waals surface area contributed by atoms with Gasteiger partial charge >= 0.3 is 0 Å². The van der Waals surface area contributed by atoms with Crippen LogP contribution in [0.1, 0.15) is 20.3 Å². The summed E-state index contributed by atoms with van der Waals surface area (Å²) in [6, 6.07) is 0. The number of allylic oxidation sites excluding steroid dienone is 1. The van der Waals surface area contributed by atoms with Crippen LogP contribution in [-0.4, -0.2) is 12.5 Å². The number of carbonyl (C=O) groups excluding carboxylic acids is 1. The zero-order chi connectivity index (χ0) is 8.27. The summed E-state index contributed by atoms with van der Waals surface area (Å²) < 4.78 is 0. The van der Waals surface area contributed by atoms with Gasteiger partial charge in [-0.05, 0) is 12.3 Å². The van der Waals surface area contributed by atoms with Gasteiger partial charge in [0.1, 0.15) is 0 Å². The molecule has 1 rings (SSSR count). The van der Waals surface area contributed by atoms with Gasteiger partial charge in [-0.3, -0.25) is 4.79 Å². The summed E-state index contributed by atoms with van der Waals surface area (Å²) in [5.41, 5.74) is 0. The van der Waals surface area contributed by atoms with E-state index in [4.69, 9.17) is 0 Å². The van der Waals surface area contributed by atoms with Crippen molar-refractivity contribution in [2.24, 2.45) is 11.8 Å². The van der Waals surface area contributed by atoms with Crippen molar-refractivity contribution in [3.05, 3.63) is 12.2 Å². The Morgan fingerprint density at radius 3 is 2.91 bits per heavy atom. The van der Waals surface area contributed by atoms with Crippen molar-refractivity contribution in [1.82, 2.24) is 5.32 Å². The summed E-state index contributed by atoms with van der Waals surface area (Å²) in [5.74, 6) is 0.766. The quantitative estimate of drug-likeness (QED) is 0.596. The van der Waals surface area contributed by atoms with Crippen LogP contribution >= 0.6 is 0 Å². The van der Waals surface area contributed by atoms with E-state index in [1.807, 2.05) is 6.08 Å². The van der Waals surface area contributed by atoms with Crippen LogP contribution in [0.3, 0.4) is 0 Å². The minimum absolute atomic E-state index is 0.120. The lowest BCUT2D eigenvalue weighted by Gasteiger charge is -2.04. The molecule has 1 aliphatic rings. The van der Waals surface area contributed by atoms with Gasteiger partial charge in [0.05, 0.1) is 5.92 Å². The second-order valence-corrected chi connectivity index (χ2v) is 3.08. The van der Waals surface area contributed by atoms with Crippen LogP contribution in [0.4, 0.5) is 0 Å². The zero-order valence-corrected chi connectivity index (χ0v) is 7.13. The van der Waals surface area contributed by atoms with Crippen LogP contribution in [0.2, 0.25) is 0 Å². The molecule has 2 nitrogen and oxygen atoms in total. The first kappa shape index (κ1) is 8.31. The van der Waals surface area contributed by atoms with Crippen LogP contribution in [-0.2, 0) is 4.79 Å². The first-order chi connectivity index (χ1) is 5.25. The van der Waals surface area contributed by atoms with E-state index in [9.17, 15) is 4.79 Å². The lowest BCUT2D eigenvalue weighted by Crippen LogP contribution is -2.17. The Hall–Kier alpha value is -0.790. The fourth-order valence-corrected chi connectivity index (χ4v) is 1.32. The second kappa shape index (κ2) is 3.56. The van der Waals surface area contributed by atoms with Crippen molar-refractivity contribution in [3.63, 3.8) is 0 Å². The molecule has 1 fully saturated rings. The van der Waals surface area contributed by atoms with Crippen LogP contribution < -0.4 is 5.32 Å². The first-order valence-corrected chi connectivity index (χ1v) is 4.20. The number of hydrogen-bond donors (Lipinski definition) is 1. The highest BCUT2D eigenvalue weighted by Gasteiger charge is 2.28. The molecule has 1 saturated heterocycles. The van der Waals surface area contributed by atoms with Crippen molar-refractivity contribution in [1.29, 1.82) is 0 Å². The highest BCUT2D eigenvalue weighted by atomic mass is 16.2. The molecular formula is C9H15NO. The summed E-state index contributed by atoms with van der Waals surface area (Å²) in [6.07, 6.45) is 5.09. The highest BCUT2D eigenvalue weighted by Crippen LogP contribution is 2.18. The minimum atomic E-state index is 0.120. The lowest BCUT2D eigenvalue weighted by atomic mass is 9.97. The molecule has 1 aliphatic heterocycles. The second-order valence-electron chi connectivity index (χ2n) is 3.08. The summed E-state index contributed by atoms with van der Waals surface area (Å²) in [5, 5.41) is 2.84. The fraction of sp³-hybridized carbons (Fsp3) is 0.667. The van der Waals surface area contributed by atoms with Crippen molar-refractivity contribution in [2.75, 3.05) is 6.54 Å². The molecule has 0 aromatic heterocycles. The molecule has 0 radical (unpaired) electrons. The molecule has 1 heterocycles. The number of rotatable bonds is 2. The zero-order valence-electron chi connectivity index (χ0n) is 7.13. The average molecular weight is 153 g/mol. The summed E-state index contributed by atoms with van der Waals surface area (Å²) in [6.45, 7) is 5.01. The maximum Gasteiger partial charge on any atom is 0.227 e. The number of hydrogen-bond acceptors (Lipinski definition) is 1. The standard InChI is InChI=1S/C9H15NO/c1-3-4-5-8-7(2)6-10-9(8)11/h4-5,7-8H,3,6H2,1-2H3,(H,10,11)/b5-4-. The minimum Gasteiger partial charge on any atom is -0.355 e. The molecule has 62 valence electrons. The normalized spacial score (nSPS) is 31.3. The molecule has 0 aliphatic carbocycles. The smallest absolute Gasteiger partial charge is 0.227 e. The summed E-state index contributed by atoms with van der Waals surface area (Å²) in [7, 11) is 0. The Bertz CT molecular complexity index is 174. The Morgan fingerprint density at radius 1 is 1.73 bits per heavy atom. The van der Waals surface area contributed by atoms with E-state index in [1.165, 1.54) is 0 Å². The molecule has 0 spiro atoms. The van der Waals surface area contributed by atoms with Gasteiger partial charge in [-0.2, -0.15) is 0 Å². The van der Waals surface area contributed by atoms with E-state index in [0.29, 0.717) is 5.92 Å². The number of amides is 1. The van der Waals surface area contributed by atoms with Crippen LogP contribution in [0.25, 0.3) is 0 Å². The van der Waals surface area contributed by atoms with Gasteiger partial charge in [-0.25, -0.2) is 0 Å². The van der Waals surface area contributed by atoms with Crippen molar-refractivity contribution >= 4 is 5.91 Å². The average Bonchev–Trinajstić information content (AvgIpc) is 2.29. The maximum atomic E-state index is 11.1. The van der Waals surface area contributed by atoms with E-state index >= 15 is 0 Å². The monoisotopic (exact) mass is 153 g/mol. The van der Waals surface area contributed by atoms with E-state index < -0.39 is 0 Å². The van der Waals surface area contributed by atoms with Crippen LogP contribution in [0, 0.1) is 11.8 Å². The van der Waals surface area contributed by atoms with Gasteiger partial charge in [0, 0.05) is 6.54 Å². The summed E-state index contributed by atoms with van der Waals surface area (Å²) in [4.78, 5) is 11.1. The van der Waals surface area contributed by atoms with E-state index in [1.54, 1.807) is 0 Å². The van der Waals surface area contributed by atoms with E-state index in [-0.39, 0.29) is 11.8 Å². The lowest BCUT2D eigenvalue weighted by molar-refractivity contribution is -0.121. The molecular weight excluding hydrogens is 138 g/mol. The topological polar surface area (TPSA) is 29.1 Å². The molecule has 0 saturated carbocycles. The maximum absolute atomic E-state index is 11.1. The molecule has 2 unspecified atom stereocenters. The van der Waals surface area contributed by atoms with Gasteiger partial charge in [0.2, 0.25) is 5.91 Å². The predicted octanol–water partition coefficient (Wildman–Crippen LogP) is 1.33.